The molecule has 1 rings (SSSR count). The van der Waals surface area contributed by atoms with Gasteiger partial charge in [-0.1, -0.05) is 0 Å². The number of nitrogen functional groups attached to an aromatic ring is 1. The third-order valence-electron chi connectivity index (χ3n) is 2.47. The van der Waals surface area contributed by atoms with Crippen LogP contribution in [0.2, 0.25) is 0 Å². The summed E-state index contributed by atoms with van der Waals surface area (Å²) in [5.41, 5.74) is 6.21. The second-order valence-electron chi connectivity index (χ2n) is 5.67. The number of nitrogens with one attached hydrogen (secondary N) is 2. The minimum Gasteiger partial charge on any atom is -0.399 e. The Morgan fingerprint density at radius 3 is 2.45 bits per heavy atom. The van der Waals surface area contributed by atoms with Gasteiger partial charge < -0.3 is 16.4 Å². The number of amides is 2. The number of hydrogen-bond acceptors (Lipinski definition) is 3. The second-order valence-corrected chi connectivity index (χ2v) is 6.53. The van der Waals surface area contributed by atoms with Gasteiger partial charge in [-0.3, -0.25) is 9.59 Å². The van der Waals surface area contributed by atoms with Crippen molar-refractivity contribution in [2.75, 3.05) is 5.73 Å². The summed E-state index contributed by atoms with van der Waals surface area (Å²) in [6.07, 6.45) is 0. The van der Waals surface area contributed by atoms with E-state index in [1.807, 2.05) is 20.8 Å². The molecule has 6 heteroatoms. The van der Waals surface area contributed by atoms with Crippen molar-refractivity contribution in [1.82, 2.24) is 10.6 Å². The fourth-order valence-corrected chi connectivity index (χ4v) is 1.96. The summed E-state index contributed by atoms with van der Waals surface area (Å²) in [5.74, 6) is -0.577. The summed E-state index contributed by atoms with van der Waals surface area (Å²) in [7, 11) is 0. The summed E-state index contributed by atoms with van der Waals surface area (Å²) in [6, 6.07) is 4.32. The first-order valence-electron chi connectivity index (χ1n) is 6.28. The Bertz CT molecular complexity index is 524. The van der Waals surface area contributed by atoms with Gasteiger partial charge in [-0.2, -0.15) is 0 Å². The first-order chi connectivity index (χ1) is 9.10. The van der Waals surface area contributed by atoms with Crippen LogP contribution in [0.1, 0.15) is 38.1 Å². The van der Waals surface area contributed by atoms with Crippen LogP contribution in [-0.2, 0) is 4.79 Å². The third kappa shape index (κ3) is 4.85. The van der Waals surface area contributed by atoms with Crippen molar-refractivity contribution in [2.24, 2.45) is 0 Å². The Kier molecular flexibility index (Phi) is 5.16. The normalized spacial score (nSPS) is 12.7. The van der Waals surface area contributed by atoms with E-state index in [2.05, 4.69) is 26.6 Å². The van der Waals surface area contributed by atoms with Gasteiger partial charge in [0.15, 0.2) is 0 Å². The van der Waals surface area contributed by atoms with Crippen LogP contribution in [-0.4, -0.2) is 23.4 Å². The average Bonchev–Trinajstić information content (AvgIpc) is 2.29. The summed E-state index contributed by atoms with van der Waals surface area (Å²) >= 11 is 3.29. The number of carbonyl (C=O) groups excluding carboxylic acids is 2. The van der Waals surface area contributed by atoms with Gasteiger partial charge >= 0.3 is 0 Å². The smallest absolute Gasteiger partial charge is 0.253 e. The third-order valence-corrected chi connectivity index (χ3v) is 3.17. The van der Waals surface area contributed by atoms with Crippen LogP contribution in [0.4, 0.5) is 5.69 Å². The molecule has 1 unspecified atom stereocenters. The van der Waals surface area contributed by atoms with E-state index in [1.54, 1.807) is 25.1 Å². The molecule has 1 aromatic carbocycles. The summed E-state index contributed by atoms with van der Waals surface area (Å²) in [6.45, 7) is 7.29. The standard InChI is InChI=1S/C14H20BrN3O2/c1-8(12(19)18-14(2,3)4)17-13(20)10-7-9(16)5-6-11(10)15/h5-8H,16H2,1-4H3,(H,17,20)(H,18,19). The number of benzene rings is 1. The molecule has 4 N–H and O–H groups in total. The molecule has 0 saturated heterocycles. The van der Waals surface area contributed by atoms with Crippen LogP contribution in [0.25, 0.3) is 0 Å². The Morgan fingerprint density at radius 1 is 1.30 bits per heavy atom. The second kappa shape index (κ2) is 6.26. The van der Waals surface area contributed by atoms with Crippen LogP contribution < -0.4 is 16.4 Å². The lowest BCUT2D eigenvalue weighted by molar-refractivity contribution is -0.124. The highest BCUT2D eigenvalue weighted by Crippen LogP contribution is 2.19. The maximum atomic E-state index is 12.1. The minimum absolute atomic E-state index is 0.231. The highest BCUT2D eigenvalue weighted by molar-refractivity contribution is 9.10. The molecule has 0 fully saturated rings. The van der Waals surface area contributed by atoms with Crippen LogP contribution in [0.5, 0.6) is 0 Å². The molecule has 0 aliphatic heterocycles. The van der Waals surface area contributed by atoms with E-state index in [0.717, 1.165) is 0 Å². The number of nitrogens with two attached hydrogens (primary N) is 1. The zero-order valence-corrected chi connectivity index (χ0v) is 13.7. The summed E-state index contributed by atoms with van der Waals surface area (Å²) in [5, 5.41) is 5.46. The molecule has 0 aliphatic carbocycles. The molecule has 0 heterocycles. The van der Waals surface area contributed by atoms with Crippen LogP contribution in [0, 0.1) is 0 Å². The molecule has 2 amide bonds. The lowest BCUT2D eigenvalue weighted by atomic mass is 10.1. The maximum Gasteiger partial charge on any atom is 0.253 e. The number of anilines is 1. The van der Waals surface area contributed by atoms with E-state index in [-0.39, 0.29) is 17.4 Å². The molecule has 1 aromatic rings. The van der Waals surface area contributed by atoms with E-state index in [0.29, 0.717) is 15.7 Å². The molecule has 5 nitrogen and oxygen atoms in total. The zero-order chi connectivity index (χ0) is 15.5. The first-order valence-corrected chi connectivity index (χ1v) is 7.07. The molecule has 20 heavy (non-hydrogen) atoms. The monoisotopic (exact) mass is 341 g/mol. The van der Waals surface area contributed by atoms with Crippen molar-refractivity contribution < 1.29 is 9.59 Å². The van der Waals surface area contributed by atoms with Gasteiger partial charge in [0.2, 0.25) is 5.91 Å². The fraction of sp³-hybridized carbons (Fsp3) is 0.429. The Balaban J connectivity index is 2.75. The SMILES string of the molecule is CC(NC(=O)c1cc(N)ccc1Br)C(=O)NC(C)(C)C. The molecule has 0 spiro atoms. The van der Waals surface area contributed by atoms with Gasteiger partial charge in [-0.25, -0.2) is 0 Å². The van der Waals surface area contributed by atoms with Gasteiger partial charge in [0.05, 0.1) is 5.56 Å². The fourth-order valence-electron chi connectivity index (χ4n) is 1.53. The van der Waals surface area contributed by atoms with Crippen molar-refractivity contribution in [2.45, 2.75) is 39.3 Å². The molecular weight excluding hydrogens is 322 g/mol. The molecule has 1 atom stereocenters. The van der Waals surface area contributed by atoms with E-state index in [9.17, 15) is 9.59 Å². The highest BCUT2D eigenvalue weighted by atomic mass is 79.9. The van der Waals surface area contributed by atoms with E-state index >= 15 is 0 Å². The maximum absolute atomic E-state index is 12.1. The van der Waals surface area contributed by atoms with Gasteiger partial charge in [0.1, 0.15) is 6.04 Å². The average molecular weight is 342 g/mol. The van der Waals surface area contributed by atoms with Crippen molar-refractivity contribution >= 4 is 33.4 Å². The molecule has 110 valence electrons. The lowest BCUT2D eigenvalue weighted by Gasteiger charge is -2.23. The summed E-state index contributed by atoms with van der Waals surface area (Å²) < 4.78 is 0.632. The minimum atomic E-state index is -0.630. The molecule has 0 aromatic heterocycles. The van der Waals surface area contributed by atoms with E-state index in [1.165, 1.54) is 0 Å². The number of halogens is 1. The first kappa shape index (κ1) is 16.5. The Morgan fingerprint density at radius 2 is 1.90 bits per heavy atom. The molecule has 0 saturated carbocycles. The highest BCUT2D eigenvalue weighted by Gasteiger charge is 2.21. The summed E-state index contributed by atoms with van der Waals surface area (Å²) in [4.78, 5) is 24.0. The molecule has 0 aliphatic rings. The van der Waals surface area contributed by atoms with Crippen molar-refractivity contribution in [3.05, 3.63) is 28.2 Å². The largest absolute Gasteiger partial charge is 0.399 e. The van der Waals surface area contributed by atoms with Gasteiger partial charge in [-0.15, -0.1) is 0 Å². The topological polar surface area (TPSA) is 84.2 Å². The predicted molar refractivity (Wildman–Crippen MR) is 83.4 cm³/mol. The van der Waals surface area contributed by atoms with Crippen LogP contribution >= 0.6 is 15.9 Å². The van der Waals surface area contributed by atoms with Crippen LogP contribution in [0.3, 0.4) is 0 Å². The zero-order valence-electron chi connectivity index (χ0n) is 12.1. The van der Waals surface area contributed by atoms with Crippen molar-refractivity contribution in [3.8, 4) is 0 Å². The number of carbonyl (C=O) groups is 2. The Hall–Kier alpha value is -1.56. The number of hydrogen-bond donors (Lipinski definition) is 3. The quantitative estimate of drug-likeness (QED) is 0.735. The molecule has 0 radical (unpaired) electrons. The van der Waals surface area contributed by atoms with Crippen molar-refractivity contribution in [3.63, 3.8) is 0 Å². The Labute approximate surface area is 127 Å². The van der Waals surface area contributed by atoms with Gasteiger partial charge in [0, 0.05) is 15.7 Å². The van der Waals surface area contributed by atoms with E-state index in [4.69, 9.17) is 5.73 Å². The van der Waals surface area contributed by atoms with Gasteiger partial charge in [0.25, 0.3) is 5.91 Å². The van der Waals surface area contributed by atoms with E-state index < -0.39 is 6.04 Å². The predicted octanol–water partition coefficient (Wildman–Crippen LogP) is 2.06. The number of rotatable bonds is 3. The lowest BCUT2D eigenvalue weighted by Crippen LogP contribution is -2.50. The van der Waals surface area contributed by atoms with Crippen molar-refractivity contribution in [1.29, 1.82) is 0 Å². The van der Waals surface area contributed by atoms with Crippen LogP contribution in [0.15, 0.2) is 22.7 Å². The molecular formula is C14H20BrN3O2. The molecule has 0 bridgehead atoms. The van der Waals surface area contributed by atoms with Gasteiger partial charge in [-0.05, 0) is 61.8 Å².